The predicted octanol–water partition coefficient (Wildman–Crippen LogP) is 1.94. The Morgan fingerprint density at radius 2 is 1.59 bits per heavy atom. The fourth-order valence-electron chi connectivity index (χ4n) is 3.95. The number of anilines is 1. The third-order valence-corrected chi connectivity index (χ3v) is 5.69. The summed E-state index contributed by atoms with van der Waals surface area (Å²) in [6.45, 7) is 3.47. The first kappa shape index (κ1) is 21.1. The van der Waals surface area contributed by atoms with Gasteiger partial charge in [0.1, 0.15) is 0 Å². The van der Waals surface area contributed by atoms with Crippen LogP contribution in [-0.2, 0) is 0 Å². The molecule has 2 aromatic heterocycles. The molecule has 3 heterocycles. The number of hydrogen-bond donors (Lipinski definition) is 1. The van der Waals surface area contributed by atoms with E-state index >= 15 is 0 Å². The number of aromatic amines is 1. The minimum absolute atomic E-state index is 0.235. The Balaban J connectivity index is 1.52. The summed E-state index contributed by atoms with van der Waals surface area (Å²) in [5, 5.41) is 23.1. The molecule has 168 valence electrons. The number of carbonyl (C=O) groups is 1. The molecular weight excluding hydrogens is 430 g/mol. The summed E-state index contributed by atoms with van der Waals surface area (Å²) >= 11 is 0. The van der Waals surface area contributed by atoms with Gasteiger partial charge in [0.15, 0.2) is 5.49 Å². The standard InChI is InChI=1S/C26H21N5O3/c1-16-20(14-9-15-21-17(2)28-30(25(21)33)18-10-5-3-6-11-18)24(32)27-23-22(16)26(34)31(29-23)19-12-7-4-8-13-19/h3-15,33H,1-2H3,(H,27,29,32)/p-1/b15-9?,20-14+. The van der Waals surface area contributed by atoms with Gasteiger partial charge >= 0.3 is 0 Å². The number of nitrogens with zero attached hydrogens (tertiary/aromatic N) is 4. The van der Waals surface area contributed by atoms with Crippen LogP contribution in [0.5, 0.6) is 5.88 Å². The van der Waals surface area contributed by atoms with E-state index in [0.29, 0.717) is 39.0 Å². The van der Waals surface area contributed by atoms with E-state index in [9.17, 15) is 14.7 Å². The highest BCUT2D eigenvalue weighted by atomic mass is 16.3. The van der Waals surface area contributed by atoms with Crippen molar-refractivity contribution < 1.29 is 9.90 Å². The maximum atomic E-state index is 13.0. The lowest BCUT2D eigenvalue weighted by molar-refractivity contribution is -0.278. The molecule has 8 heteroatoms. The van der Waals surface area contributed by atoms with Crippen molar-refractivity contribution in [3.8, 4) is 11.6 Å². The second-order valence-electron chi connectivity index (χ2n) is 7.85. The average molecular weight is 450 g/mol. The zero-order chi connectivity index (χ0) is 23.8. The molecular formula is C26H20N5O3-. The second-order valence-corrected chi connectivity index (χ2v) is 7.85. The molecule has 8 nitrogen and oxygen atoms in total. The number of aryl methyl sites for hydroxylation is 1. The van der Waals surface area contributed by atoms with Crippen molar-refractivity contribution in [3.63, 3.8) is 0 Å². The number of hydrogen-bond acceptors (Lipinski definition) is 5. The van der Waals surface area contributed by atoms with Crippen LogP contribution >= 0.6 is 0 Å². The van der Waals surface area contributed by atoms with E-state index in [1.807, 2.05) is 48.5 Å². The van der Waals surface area contributed by atoms with Crippen LogP contribution in [0.3, 0.4) is 0 Å². The number of H-pyrrole nitrogens is 1. The number of aromatic nitrogens is 3. The molecule has 1 N–H and O–H groups in total. The van der Waals surface area contributed by atoms with Crippen LogP contribution in [0.15, 0.2) is 76.6 Å². The van der Waals surface area contributed by atoms with Crippen molar-refractivity contribution in [2.75, 3.05) is 5.01 Å². The maximum absolute atomic E-state index is 13.0. The van der Waals surface area contributed by atoms with Gasteiger partial charge in [-0.1, -0.05) is 48.6 Å². The molecule has 0 spiro atoms. The summed E-state index contributed by atoms with van der Waals surface area (Å²) in [6.07, 6.45) is 4.83. The van der Waals surface area contributed by atoms with Crippen LogP contribution in [0.2, 0.25) is 0 Å². The van der Waals surface area contributed by atoms with E-state index < -0.39 is 0 Å². The highest BCUT2D eigenvalue weighted by Crippen LogP contribution is 2.23. The van der Waals surface area contributed by atoms with Crippen molar-refractivity contribution >= 4 is 23.7 Å². The number of para-hydroxylation sites is 2. The van der Waals surface area contributed by atoms with Gasteiger partial charge in [0.25, 0.3) is 11.5 Å². The minimum atomic E-state index is -0.369. The molecule has 1 aliphatic heterocycles. The topological polar surface area (TPSA) is 106 Å². The van der Waals surface area contributed by atoms with Gasteiger partial charge in [0.2, 0.25) is 0 Å². The molecule has 1 aliphatic rings. The Kier molecular flexibility index (Phi) is 5.18. The molecule has 0 fully saturated rings. The number of rotatable bonds is 4. The third-order valence-electron chi connectivity index (χ3n) is 5.69. The van der Waals surface area contributed by atoms with Gasteiger partial charge in [-0.25, -0.2) is 4.68 Å². The first-order chi connectivity index (χ1) is 16.5. The van der Waals surface area contributed by atoms with Gasteiger partial charge in [0, 0.05) is 10.8 Å². The third kappa shape index (κ3) is 3.51. The van der Waals surface area contributed by atoms with Crippen molar-refractivity contribution in [1.82, 2.24) is 14.8 Å². The minimum Gasteiger partial charge on any atom is -0.858 e. The van der Waals surface area contributed by atoms with Crippen molar-refractivity contribution in [3.05, 3.63) is 110 Å². The zero-order valence-corrected chi connectivity index (χ0v) is 18.5. The van der Waals surface area contributed by atoms with E-state index in [1.165, 1.54) is 9.69 Å². The number of amides is 1. The Labute approximate surface area is 194 Å². The number of nitrogens with one attached hydrogen (secondary N) is 1. The zero-order valence-electron chi connectivity index (χ0n) is 18.5. The van der Waals surface area contributed by atoms with Gasteiger partial charge in [-0.3, -0.25) is 9.59 Å². The smallest absolute Gasteiger partial charge is 0.282 e. The molecule has 0 bridgehead atoms. The lowest BCUT2D eigenvalue weighted by Crippen LogP contribution is -2.38. The normalized spacial score (nSPS) is 13.5. The van der Waals surface area contributed by atoms with Gasteiger partial charge in [-0.2, -0.15) is 10.1 Å². The summed E-state index contributed by atoms with van der Waals surface area (Å²) in [6, 6.07) is 18.2. The summed E-state index contributed by atoms with van der Waals surface area (Å²) < 4.78 is 1.35. The van der Waals surface area contributed by atoms with E-state index in [4.69, 9.17) is 0 Å². The van der Waals surface area contributed by atoms with E-state index in [1.54, 1.807) is 44.2 Å². The Hall–Kier alpha value is -4.72. The highest BCUT2D eigenvalue weighted by Gasteiger charge is 2.28. The van der Waals surface area contributed by atoms with Crippen LogP contribution in [0, 0.1) is 13.8 Å². The van der Waals surface area contributed by atoms with Crippen LogP contribution in [0.4, 0.5) is 5.69 Å². The molecule has 4 aromatic rings. The fraction of sp³-hybridized carbons (Fsp3) is 0.0769. The molecule has 5 rings (SSSR count). The van der Waals surface area contributed by atoms with Gasteiger partial charge in [-0.05, 0) is 55.6 Å². The highest BCUT2D eigenvalue weighted by molar-refractivity contribution is 6.07. The summed E-state index contributed by atoms with van der Waals surface area (Å²) in [5.41, 5.74) is 3.03. The number of allylic oxidation sites excluding steroid dienone is 1. The molecule has 0 saturated carbocycles. The predicted molar refractivity (Wildman–Crippen MR) is 127 cm³/mol. The first-order valence-electron chi connectivity index (χ1n) is 10.7. The lowest BCUT2D eigenvalue weighted by atomic mass is 10.1. The van der Waals surface area contributed by atoms with E-state index in [2.05, 4.69) is 15.2 Å². The second kappa shape index (κ2) is 8.32. The molecule has 0 aliphatic carbocycles. The molecule has 0 atom stereocenters. The van der Waals surface area contributed by atoms with Crippen molar-refractivity contribution in [1.29, 1.82) is 0 Å². The fourth-order valence-corrected chi connectivity index (χ4v) is 3.95. The van der Waals surface area contributed by atoms with Gasteiger partial charge < -0.3 is 10.1 Å². The van der Waals surface area contributed by atoms with Crippen LogP contribution in [0.1, 0.15) is 27.2 Å². The first-order valence-corrected chi connectivity index (χ1v) is 10.7. The van der Waals surface area contributed by atoms with E-state index in [0.717, 1.165) is 0 Å². The molecule has 0 radical (unpaired) electrons. The summed E-state index contributed by atoms with van der Waals surface area (Å²) in [4.78, 5) is 28.5. The quantitative estimate of drug-likeness (QED) is 0.513. The molecule has 2 aromatic carbocycles. The Morgan fingerprint density at radius 3 is 2.26 bits per heavy atom. The lowest BCUT2D eigenvalue weighted by Gasteiger charge is -2.11. The van der Waals surface area contributed by atoms with Crippen LogP contribution in [0.25, 0.3) is 17.8 Å². The number of fused-ring (bicyclic) bond motifs is 1. The average Bonchev–Trinajstić information content (AvgIpc) is 3.32. The SMILES string of the molecule is Cc1nn(-c2ccccc2)c([O-])c1C=C/C=c1\c(C)c2c([nH]c1=O)=NN(c1ccccc1)C2=O. The van der Waals surface area contributed by atoms with Crippen LogP contribution < -0.4 is 26.4 Å². The largest absolute Gasteiger partial charge is 0.858 e. The summed E-state index contributed by atoms with van der Waals surface area (Å²) in [7, 11) is 0. The number of pyridine rings is 1. The van der Waals surface area contributed by atoms with Crippen molar-refractivity contribution in [2.24, 2.45) is 5.10 Å². The van der Waals surface area contributed by atoms with E-state index in [-0.39, 0.29) is 22.8 Å². The maximum Gasteiger partial charge on any atom is 0.282 e. The Morgan fingerprint density at radius 1 is 0.941 bits per heavy atom. The molecule has 34 heavy (non-hydrogen) atoms. The molecule has 1 amide bonds. The van der Waals surface area contributed by atoms with Gasteiger partial charge in [0.05, 0.1) is 22.6 Å². The van der Waals surface area contributed by atoms with Crippen molar-refractivity contribution in [2.45, 2.75) is 13.8 Å². The Bertz CT molecular complexity index is 1620. The molecule has 0 saturated heterocycles. The number of carbonyl (C=O) groups excluding carboxylic acids is 1. The monoisotopic (exact) mass is 450 g/mol. The van der Waals surface area contributed by atoms with Crippen LogP contribution in [-0.4, -0.2) is 20.7 Å². The van der Waals surface area contributed by atoms with Gasteiger partial charge in [-0.15, -0.1) is 5.10 Å². The summed E-state index contributed by atoms with van der Waals surface area (Å²) in [5.74, 6) is -0.559. The number of benzene rings is 2. The molecule has 0 unspecified atom stereocenters.